The number of aromatic nitrogens is 2. The maximum atomic E-state index is 13.5. The Hall–Kier alpha value is -6.16. The molecule has 13 nitrogen and oxygen atoms in total. The fourth-order valence-corrected chi connectivity index (χ4v) is 8.41. The number of nitrogens with zero attached hydrogens (tertiary/aromatic N) is 3. The first-order valence-electron chi connectivity index (χ1n) is 21.0. The van der Waals surface area contributed by atoms with Crippen molar-refractivity contribution in [3.8, 4) is 0 Å². The van der Waals surface area contributed by atoms with Gasteiger partial charge in [-0.3, -0.25) is 24.4 Å². The summed E-state index contributed by atoms with van der Waals surface area (Å²) in [7, 11) is 1.27. The summed E-state index contributed by atoms with van der Waals surface area (Å²) in [6.07, 6.45) is 9.22. The SMILES string of the molecule is COC(=O)[C@H](Cc1ccc(C2=CCNCC2)cn1)NC(=O)c1c(Cl)cccc1Cl.Cc1cc(C(=O)N2CC=C(c3ccc(C[C@H](NC(=O)c4c(Cl)cccc4Cl)C(=O)O)nc3)CC2)ccc1F. The van der Waals surface area contributed by atoms with Gasteiger partial charge in [0.2, 0.25) is 0 Å². The number of amides is 3. The normalized spacial score (nSPS) is 14.3. The van der Waals surface area contributed by atoms with E-state index in [2.05, 4.69) is 32.0 Å². The van der Waals surface area contributed by atoms with Crippen molar-refractivity contribution in [2.45, 2.75) is 44.7 Å². The number of aliphatic carboxylic acids is 1. The van der Waals surface area contributed by atoms with Crippen molar-refractivity contribution in [1.29, 1.82) is 0 Å². The standard InChI is InChI=1S/C28H24Cl2FN3O4.C21H21Cl2N3O3/c1-16-13-18(6-8-23(16)31)27(36)34-11-9-17(10-12-34)19-5-7-20(32-15-19)14-24(28(37)38)33-26(35)25-21(29)3-2-4-22(25)30;1-29-21(28)18(26-20(27)19-16(22)3-2-4-17(19)23)11-15-6-5-14(12-25-15)13-7-9-24-10-8-13/h2-9,13,15,24H,10-12,14H2,1H3,(H,33,35)(H,37,38);2-7,12,18,24H,8-11H2,1H3,(H,26,27)/t24-;18-/m00/s1. The van der Waals surface area contributed by atoms with E-state index in [0.717, 1.165) is 36.2 Å². The number of ether oxygens (including phenoxy) is 1. The maximum Gasteiger partial charge on any atom is 0.328 e. The summed E-state index contributed by atoms with van der Waals surface area (Å²) in [5.74, 6) is -3.53. The average Bonchev–Trinajstić information content (AvgIpc) is 3.32. The van der Waals surface area contributed by atoms with Crippen LogP contribution >= 0.6 is 46.4 Å². The Morgan fingerprint density at radius 3 is 1.75 bits per heavy atom. The molecule has 0 radical (unpaired) electrons. The number of nitrogens with one attached hydrogen (secondary N) is 3. The second-order valence-corrected chi connectivity index (χ2v) is 17.1. The van der Waals surface area contributed by atoms with E-state index in [1.54, 1.807) is 60.6 Å². The van der Waals surface area contributed by atoms with Crippen molar-refractivity contribution >= 4 is 87.2 Å². The Labute approximate surface area is 406 Å². The third kappa shape index (κ3) is 13.3. The second kappa shape index (κ2) is 23.5. The molecule has 4 heterocycles. The van der Waals surface area contributed by atoms with Gasteiger partial charge in [0, 0.05) is 61.8 Å². The number of carbonyl (C=O) groups is 5. The van der Waals surface area contributed by atoms with Crippen LogP contribution in [0.2, 0.25) is 20.1 Å². The molecule has 18 heteroatoms. The van der Waals surface area contributed by atoms with Crippen LogP contribution in [0.3, 0.4) is 0 Å². The maximum absolute atomic E-state index is 13.5. The smallest absolute Gasteiger partial charge is 0.328 e. The van der Waals surface area contributed by atoms with Gasteiger partial charge in [-0.05, 0) is 109 Å². The van der Waals surface area contributed by atoms with Crippen LogP contribution in [0.1, 0.15) is 72.0 Å². The Morgan fingerprint density at radius 2 is 1.30 bits per heavy atom. The van der Waals surface area contributed by atoms with Crippen molar-refractivity contribution in [2.75, 3.05) is 33.3 Å². The van der Waals surface area contributed by atoms with E-state index in [-0.39, 0.29) is 55.8 Å². The first-order chi connectivity index (χ1) is 32.1. The summed E-state index contributed by atoms with van der Waals surface area (Å²) < 4.78 is 18.4. The van der Waals surface area contributed by atoms with Crippen molar-refractivity contribution in [1.82, 2.24) is 30.8 Å². The molecular weight excluding hydrogens is 945 g/mol. The zero-order valence-corrected chi connectivity index (χ0v) is 39.3. The molecule has 3 aromatic carbocycles. The molecule has 67 heavy (non-hydrogen) atoms. The van der Waals surface area contributed by atoms with Gasteiger partial charge in [0.1, 0.15) is 17.9 Å². The van der Waals surface area contributed by atoms with Gasteiger partial charge in [0.05, 0.1) is 38.3 Å². The van der Waals surface area contributed by atoms with Gasteiger partial charge < -0.3 is 30.7 Å². The van der Waals surface area contributed by atoms with Crippen LogP contribution < -0.4 is 16.0 Å². The molecule has 0 saturated carbocycles. The molecule has 2 aliphatic heterocycles. The number of methoxy groups -OCH3 is 1. The molecule has 348 valence electrons. The molecule has 2 aliphatic rings. The number of halogens is 5. The minimum absolute atomic E-state index is 0.0108. The Morgan fingerprint density at radius 1 is 0.761 bits per heavy atom. The van der Waals surface area contributed by atoms with Gasteiger partial charge in [-0.2, -0.15) is 0 Å². The lowest BCUT2D eigenvalue weighted by atomic mass is 9.99. The van der Waals surface area contributed by atoms with Crippen LogP contribution in [0, 0.1) is 12.7 Å². The number of rotatable bonds is 13. The lowest BCUT2D eigenvalue weighted by Gasteiger charge is -2.27. The Bertz CT molecular complexity index is 2680. The Balaban J connectivity index is 0.000000229. The molecule has 5 aromatic rings. The number of esters is 1. The summed E-state index contributed by atoms with van der Waals surface area (Å²) in [5, 5.41) is 18.7. The van der Waals surface area contributed by atoms with Crippen molar-refractivity contribution in [3.05, 3.63) is 174 Å². The number of carboxylic acid groups (broad SMARTS) is 1. The van der Waals surface area contributed by atoms with E-state index in [4.69, 9.17) is 51.1 Å². The third-order valence-electron chi connectivity index (χ3n) is 11.0. The number of pyridine rings is 2. The highest BCUT2D eigenvalue weighted by Crippen LogP contribution is 2.27. The molecule has 0 fully saturated rings. The predicted molar refractivity (Wildman–Crippen MR) is 256 cm³/mol. The van der Waals surface area contributed by atoms with E-state index in [1.165, 1.54) is 36.9 Å². The molecule has 0 bridgehead atoms. The highest BCUT2D eigenvalue weighted by molar-refractivity contribution is 6.40. The van der Waals surface area contributed by atoms with Crippen molar-refractivity contribution in [3.63, 3.8) is 0 Å². The van der Waals surface area contributed by atoms with Gasteiger partial charge in [-0.25, -0.2) is 14.0 Å². The molecular formula is C49H45Cl4FN6O7. The number of benzene rings is 3. The van der Waals surface area contributed by atoms with Gasteiger partial charge in [-0.1, -0.05) is 82.8 Å². The summed E-state index contributed by atoms with van der Waals surface area (Å²) in [4.78, 5) is 72.6. The number of hydrogen-bond acceptors (Lipinski definition) is 9. The number of hydrogen-bond donors (Lipinski definition) is 4. The fraction of sp³-hybridized carbons (Fsp3) is 0.245. The lowest BCUT2D eigenvalue weighted by Crippen LogP contribution is -2.43. The Kier molecular flexibility index (Phi) is 17.6. The third-order valence-corrected chi connectivity index (χ3v) is 12.2. The van der Waals surface area contributed by atoms with E-state index >= 15 is 0 Å². The van der Waals surface area contributed by atoms with Crippen molar-refractivity contribution in [2.24, 2.45) is 0 Å². The van der Waals surface area contributed by atoms with Gasteiger partial charge >= 0.3 is 11.9 Å². The fourth-order valence-electron chi connectivity index (χ4n) is 7.28. The number of carboxylic acids is 1. The molecule has 2 atom stereocenters. The van der Waals surface area contributed by atoms with Crippen LogP contribution in [0.5, 0.6) is 0 Å². The molecule has 0 aliphatic carbocycles. The van der Waals surface area contributed by atoms with E-state index in [0.29, 0.717) is 42.0 Å². The van der Waals surface area contributed by atoms with Crippen LogP contribution in [0.4, 0.5) is 4.39 Å². The molecule has 0 unspecified atom stereocenters. The number of aryl methyl sites for hydroxylation is 1. The summed E-state index contributed by atoms with van der Waals surface area (Å²) in [6, 6.07) is 18.9. The summed E-state index contributed by atoms with van der Waals surface area (Å²) in [5.41, 5.74) is 6.30. The zero-order valence-electron chi connectivity index (χ0n) is 36.3. The highest BCUT2D eigenvalue weighted by atomic mass is 35.5. The van der Waals surface area contributed by atoms with Crippen LogP contribution in [0.25, 0.3) is 11.1 Å². The predicted octanol–water partition coefficient (Wildman–Crippen LogP) is 8.47. The van der Waals surface area contributed by atoms with Crippen LogP contribution in [0.15, 0.2) is 103 Å². The van der Waals surface area contributed by atoms with Gasteiger partial charge in [-0.15, -0.1) is 0 Å². The quantitative estimate of drug-likeness (QED) is 0.0837. The molecule has 4 N–H and O–H groups in total. The number of carbonyl (C=O) groups excluding carboxylic acids is 4. The van der Waals surface area contributed by atoms with Crippen molar-refractivity contribution < 1.29 is 38.2 Å². The topological polar surface area (TPSA) is 180 Å². The second-order valence-electron chi connectivity index (χ2n) is 15.5. The molecule has 2 aromatic heterocycles. The lowest BCUT2D eigenvalue weighted by molar-refractivity contribution is -0.143. The minimum atomic E-state index is -1.24. The monoisotopic (exact) mass is 988 g/mol. The van der Waals surface area contributed by atoms with Gasteiger partial charge in [0.15, 0.2) is 0 Å². The summed E-state index contributed by atoms with van der Waals surface area (Å²) >= 11 is 24.3. The molecule has 3 amide bonds. The molecule has 0 spiro atoms. The van der Waals surface area contributed by atoms with Crippen LogP contribution in [-0.4, -0.2) is 95.0 Å². The summed E-state index contributed by atoms with van der Waals surface area (Å²) in [6.45, 7) is 4.31. The van der Waals surface area contributed by atoms with E-state index < -0.39 is 35.8 Å². The zero-order chi connectivity index (χ0) is 48.2. The molecule has 0 saturated heterocycles. The van der Waals surface area contributed by atoms with E-state index in [1.807, 2.05) is 24.3 Å². The van der Waals surface area contributed by atoms with E-state index in [9.17, 15) is 33.5 Å². The first-order valence-corrected chi connectivity index (χ1v) is 22.5. The van der Waals surface area contributed by atoms with Gasteiger partial charge in [0.25, 0.3) is 17.7 Å². The average molecular weight is 991 g/mol. The van der Waals surface area contributed by atoms with Crippen LogP contribution in [-0.2, 0) is 27.2 Å². The minimum Gasteiger partial charge on any atom is -0.480 e. The highest BCUT2D eigenvalue weighted by Gasteiger charge is 2.27. The largest absolute Gasteiger partial charge is 0.480 e. The molecule has 7 rings (SSSR count). The first kappa shape index (κ1) is 50.3.